The number of benzene rings is 2. The van der Waals surface area contributed by atoms with Crippen molar-refractivity contribution in [2.45, 2.75) is 6.92 Å². The first-order chi connectivity index (χ1) is 9.56. The second-order valence-electron chi connectivity index (χ2n) is 4.80. The molecule has 20 heavy (non-hydrogen) atoms. The van der Waals surface area contributed by atoms with Gasteiger partial charge in [-0.25, -0.2) is 4.39 Å². The first-order valence-corrected chi connectivity index (χ1v) is 6.65. The van der Waals surface area contributed by atoms with E-state index >= 15 is 0 Å². The van der Waals surface area contributed by atoms with Crippen LogP contribution in [0.5, 0.6) is 0 Å². The van der Waals surface area contributed by atoms with E-state index in [4.69, 9.17) is 18.0 Å². The lowest BCUT2D eigenvalue weighted by atomic mass is 10.0. The van der Waals surface area contributed by atoms with Gasteiger partial charge in [-0.2, -0.15) is 0 Å². The van der Waals surface area contributed by atoms with Crippen LogP contribution in [0, 0.1) is 12.7 Å². The summed E-state index contributed by atoms with van der Waals surface area (Å²) in [4.78, 5) is 3.65. The third kappa shape index (κ3) is 2.08. The van der Waals surface area contributed by atoms with Gasteiger partial charge in [0.15, 0.2) is 0 Å². The number of aryl methyl sites for hydroxylation is 1. The van der Waals surface area contributed by atoms with E-state index in [1.807, 2.05) is 25.1 Å². The van der Waals surface area contributed by atoms with Gasteiger partial charge in [-0.1, -0.05) is 23.8 Å². The van der Waals surface area contributed by atoms with Crippen molar-refractivity contribution in [1.82, 2.24) is 4.98 Å². The number of nitrogens with two attached hydrogens (primary N) is 1. The van der Waals surface area contributed by atoms with Crippen molar-refractivity contribution in [3.63, 3.8) is 0 Å². The Morgan fingerprint density at radius 3 is 2.50 bits per heavy atom. The standard InChI is InChI=1S/C16H13FN2S/c1-9-2-7-13-12(8-9)14(16(18)20)15(19-13)10-3-5-11(17)6-4-10/h2-8,19H,1H3,(H2,18,20). The van der Waals surface area contributed by atoms with Gasteiger partial charge < -0.3 is 10.7 Å². The van der Waals surface area contributed by atoms with E-state index in [9.17, 15) is 4.39 Å². The monoisotopic (exact) mass is 284 g/mol. The SMILES string of the molecule is Cc1ccc2[nH]c(-c3ccc(F)cc3)c(C(N)=S)c2c1. The molecule has 0 unspecified atom stereocenters. The highest BCUT2D eigenvalue weighted by Crippen LogP contribution is 2.31. The summed E-state index contributed by atoms with van der Waals surface area (Å²) < 4.78 is 13.1. The summed E-state index contributed by atoms with van der Waals surface area (Å²) in [6.45, 7) is 2.02. The second-order valence-corrected chi connectivity index (χ2v) is 5.24. The molecule has 3 N–H and O–H groups in total. The number of fused-ring (bicyclic) bond motifs is 1. The van der Waals surface area contributed by atoms with E-state index < -0.39 is 0 Å². The van der Waals surface area contributed by atoms with Crippen LogP contribution in [-0.4, -0.2) is 9.97 Å². The fraction of sp³-hybridized carbons (Fsp3) is 0.0625. The molecule has 0 saturated carbocycles. The van der Waals surface area contributed by atoms with Crippen molar-refractivity contribution in [3.8, 4) is 11.3 Å². The van der Waals surface area contributed by atoms with Crippen molar-refractivity contribution in [2.75, 3.05) is 0 Å². The highest BCUT2D eigenvalue weighted by molar-refractivity contribution is 7.80. The van der Waals surface area contributed by atoms with Crippen LogP contribution in [0.3, 0.4) is 0 Å². The van der Waals surface area contributed by atoms with Crippen molar-refractivity contribution < 1.29 is 4.39 Å². The van der Waals surface area contributed by atoms with Gasteiger partial charge in [0, 0.05) is 16.5 Å². The summed E-state index contributed by atoms with van der Waals surface area (Å²) in [5, 5.41) is 0.997. The predicted molar refractivity (Wildman–Crippen MR) is 84.3 cm³/mol. The van der Waals surface area contributed by atoms with Crippen LogP contribution in [0.25, 0.3) is 22.2 Å². The van der Waals surface area contributed by atoms with Gasteiger partial charge in [0.1, 0.15) is 10.8 Å². The van der Waals surface area contributed by atoms with E-state index in [-0.39, 0.29) is 5.82 Å². The van der Waals surface area contributed by atoms with Crippen molar-refractivity contribution in [3.05, 3.63) is 59.4 Å². The molecule has 0 amide bonds. The highest BCUT2D eigenvalue weighted by Gasteiger charge is 2.15. The Hall–Kier alpha value is -2.20. The lowest BCUT2D eigenvalue weighted by Crippen LogP contribution is -2.10. The van der Waals surface area contributed by atoms with Gasteiger partial charge in [-0.15, -0.1) is 0 Å². The van der Waals surface area contributed by atoms with Crippen molar-refractivity contribution >= 4 is 28.1 Å². The van der Waals surface area contributed by atoms with E-state index in [2.05, 4.69) is 4.98 Å². The molecule has 1 heterocycles. The smallest absolute Gasteiger partial charge is 0.123 e. The zero-order chi connectivity index (χ0) is 14.3. The minimum atomic E-state index is -0.266. The molecular weight excluding hydrogens is 271 g/mol. The topological polar surface area (TPSA) is 41.8 Å². The maximum absolute atomic E-state index is 13.1. The molecule has 0 saturated heterocycles. The highest BCUT2D eigenvalue weighted by atomic mass is 32.1. The lowest BCUT2D eigenvalue weighted by molar-refractivity contribution is 0.628. The largest absolute Gasteiger partial charge is 0.389 e. The number of halogens is 1. The zero-order valence-electron chi connectivity index (χ0n) is 10.9. The van der Waals surface area contributed by atoms with Crippen LogP contribution in [0.2, 0.25) is 0 Å². The van der Waals surface area contributed by atoms with E-state index in [1.54, 1.807) is 12.1 Å². The number of hydrogen-bond acceptors (Lipinski definition) is 1. The Morgan fingerprint density at radius 1 is 1.15 bits per heavy atom. The molecule has 3 aromatic rings. The van der Waals surface area contributed by atoms with Gasteiger partial charge in [0.05, 0.1) is 5.69 Å². The first-order valence-electron chi connectivity index (χ1n) is 6.24. The quantitative estimate of drug-likeness (QED) is 0.700. The molecule has 100 valence electrons. The molecule has 1 aromatic heterocycles. The van der Waals surface area contributed by atoms with Gasteiger partial charge in [0.25, 0.3) is 0 Å². The minimum Gasteiger partial charge on any atom is -0.389 e. The Morgan fingerprint density at radius 2 is 1.85 bits per heavy atom. The Balaban J connectivity index is 2.32. The second kappa shape index (κ2) is 4.72. The van der Waals surface area contributed by atoms with Crippen LogP contribution >= 0.6 is 12.2 Å². The minimum absolute atomic E-state index is 0.266. The lowest BCUT2D eigenvalue weighted by Gasteiger charge is -2.03. The number of thiocarbonyl (C=S) groups is 1. The Kier molecular flexibility index (Phi) is 3.03. The number of aromatic amines is 1. The van der Waals surface area contributed by atoms with Crippen molar-refractivity contribution in [2.24, 2.45) is 5.73 Å². The molecular formula is C16H13FN2S. The average molecular weight is 284 g/mol. The average Bonchev–Trinajstić information content (AvgIpc) is 2.78. The number of H-pyrrole nitrogens is 1. The van der Waals surface area contributed by atoms with Crippen LogP contribution in [-0.2, 0) is 0 Å². The van der Waals surface area contributed by atoms with Crippen molar-refractivity contribution in [1.29, 1.82) is 0 Å². The van der Waals surface area contributed by atoms with Crippen LogP contribution in [0.15, 0.2) is 42.5 Å². The molecule has 0 fully saturated rings. The van der Waals surface area contributed by atoms with Gasteiger partial charge in [-0.3, -0.25) is 0 Å². The third-order valence-electron chi connectivity index (χ3n) is 3.33. The molecule has 0 bridgehead atoms. The molecule has 0 aliphatic rings. The fourth-order valence-corrected chi connectivity index (χ4v) is 2.61. The molecule has 0 atom stereocenters. The molecule has 0 radical (unpaired) electrons. The summed E-state index contributed by atoms with van der Waals surface area (Å²) in [6.07, 6.45) is 0. The predicted octanol–water partition coefficient (Wildman–Crippen LogP) is 3.92. The Labute approximate surface area is 121 Å². The number of rotatable bonds is 2. The molecule has 2 aromatic carbocycles. The molecule has 0 aliphatic heterocycles. The molecule has 3 rings (SSSR count). The van der Waals surface area contributed by atoms with Crippen LogP contribution < -0.4 is 5.73 Å². The summed E-state index contributed by atoms with van der Waals surface area (Å²) in [6, 6.07) is 12.4. The molecule has 0 aliphatic carbocycles. The van der Waals surface area contributed by atoms with Gasteiger partial charge in [-0.05, 0) is 48.9 Å². The zero-order valence-corrected chi connectivity index (χ0v) is 11.7. The maximum Gasteiger partial charge on any atom is 0.123 e. The first kappa shape index (κ1) is 12.8. The maximum atomic E-state index is 13.1. The molecule has 2 nitrogen and oxygen atoms in total. The summed E-state index contributed by atoms with van der Waals surface area (Å²) in [5.41, 5.74) is 10.5. The summed E-state index contributed by atoms with van der Waals surface area (Å²) >= 11 is 5.18. The number of nitrogens with one attached hydrogen (secondary N) is 1. The molecule has 4 heteroatoms. The normalized spacial score (nSPS) is 10.9. The van der Waals surface area contributed by atoms with E-state index in [1.165, 1.54) is 12.1 Å². The summed E-state index contributed by atoms with van der Waals surface area (Å²) in [7, 11) is 0. The van der Waals surface area contributed by atoms with Crippen LogP contribution in [0.4, 0.5) is 4.39 Å². The fourth-order valence-electron chi connectivity index (χ4n) is 2.39. The van der Waals surface area contributed by atoms with Gasteiger partial charge in [0.2, 0.25) is 0 Å². The molecule has 0 spiro atoms. The Bertz CT molecular complexity index is 803. The van der Waals surface area contributed by atoms with E-state index in [0.29, 0.717) is 4.99 Å². The number of hydrogen-bond donors (Lipinski definition) is 2. The summed E-state index contributed by atoms with van der Waals surface area (Å²) in [5.74, 6) is -0.266. The van der Waals surface area contributed by atoms with Crippen LogP contribution in [0.1, 0.15) is 11.1 Å². The van der Waals surface area contributed by atoms with Gasteiger partial charge >= 0.3 is 0 Å². The third-order valence-corrected chi connectivity index (χ3v) is 3.54. The number of aromatic nitrogens is 1. The van der Waals surface area contributed by atoms with E-state index in [0.717, 1.165) is 33.3 Å².